The van der Waals surface area contributed by atoms with E-state index < -0.39 is 0 Å². The van der Waals surface area contributed by atoms with Crippen molar-refractivity contribution < 1.29 is 0 Å². The minimum Gasteiger partial charge on any atom is -0.335 e. The molecule has 0 N–H and O–H groups in total. The Morgan fingerprint density at radius 2 is 1.07 bits per heavy atom. The van der Waals surface area contributed by atoms with Crippen molar-refractivity contribution in [2.45, 2.75) is 193 Å². The van der Waals surface area contributed by atoms with E-state index in [0.717, 1.165) is 6.42 Å². The van der Waals surface area contributed by atoms with Gasteiger partial charge < -0.3 is 14.7 Å². The third kappa shape index (κ3) is 6.38. The highest BCUT2D eigenvalue weighted by molar-refractivity contribution is 7.00. The molecule has 4 heteroatoms. The Kier molecular flexibility index (Phi) is 10.0. The third-order valence-electron chi connectivity index (χ3n) is 20.7. The molecule has 2 saturated carbocycles. The average molecular weight is 974 g/mol. The molecule has 4 heterocycles. The zero-order valence-corrected chi connectivity index (χ0v) is 47.5. The topological polar surface area (TPSA) is 9.72 Å². The number of benzene rings is 7. The zero-order chi connectivity index (χ0) is 52.0. The third-order valence-corrected chi connectivity index (χ3v) is 20.7. The van der Waals surface area contributed by atoms with Crippen LogP contribution in [0, 0.1) is 13.8 Å². The monoisotopic (exact) mass is 974 g/mol. The lowest BCUT2D eigenvalue weighted by atomic mass is 9.33. The maximum atomic E-state index is 2.98. The largest absolute Gasteiger partial charge is 0.335 e. The van der Waals surface area contributed by atoms with Crippen LogP contribution in [-0.2, 0) is 27.1 Å². The summed E-state index contributed by atoms with van der Waals surface area (Å²) in [6, 6.07) is 46.9. The van der Waals surface area contributed by atoms with Gasteiger partial charge in [0.15, 0.2) is 0 Å². The summed E-state index contributed by atoms with van der Waals surface area (Å²) in [5.74, 6) is 0. The Morgan fingerprint density at radius 1 is 0.473 bits per heavy atom. The van der Waals surface area contributed by atoms with Crippen LogP contribution in [0.5, 0.6) is 0 Å². The molecule has 0 radical (unpaired) electrons. The Hall–Kier alpha value is -5.74. The van der Waals surface area contributed by atoms with Crippen molar-refractivity contribution in [3.8, 4) is 11.1 Å². The number of rotatable bonds is 3. The van der Waals surface area contributed by atoms with Gasteiger partial charge in [0, 0.05) is 50.5 Å². The molecular formula is C70H80BN3. The van der Waals surface area contributed by atoms with Crippen LogP contribution in [0.3, 0.4) is 0 Å². The summed E-state index contributed by atoms with van der Waals surface area (Å²) in [6.07, 6.45) is 9.77. The van der Waals surface area contributed by atoms with Crippen LogP contribution in [0.1, 0.15) is 180 Å². The lowest BCUT2D eigenvalue weighted by molar-refractivity contribution is 0.193. The van der Waals surface area contributed by atoms with Crippen LogP contribution in [0.4, 0.5) is 39.8 Å². The van der Waals surface area contributed by atoms with E-state index in [-0.39, 0.29) is 44.9 Å². The molecule has 3 nitrogen and oxygen atoms in total. The number of fused-ring (bicyclic) bond motifs is 11. The fourth-order valence-corrected chi connectivity index (χ4v) is 16.2. The standard InChI is InChI=1S/C70H80BN3/c1-43-34-44(2)61-58(35-43)73(70(15)33-21-19-31-68(61,70)13)51-41-59-62-60(42-51)74-63-53(67(12)30-18-20-32-69(67,74)14)38-50(66(9,10)11)40-55(63)71(62)54-39-49(65(6,7)8)27-29-57(54)72(59)56-28-26-48(64(3,4)5)37-52(56)47-25-24-45-22-16-17-23-46(45)36-47/h16-17,22-29,34-42H,18-21,30-33H2,1-15H3. The first-order chi connectivity index (χ1) is 34.9. The molecule has 0 spiro atoms. The first-order valence-corrected chi connectivity index (χ1v) is 28.5. The second kappa shape index (κ2) is 15.5. The Labute approximate surface area is 444 Å². The van der Waals surface area contributed by atoms with Gasteiger partial charge in [-0.1, -0.05) is 175 Å². The number of hydrogen-bond donors (Lipinski definition) is 0. The number of aryl methyl sites for hydroxylation is 2. The summed E-state index contributed by atoms with van der Waals surface area (Å²) in [5, 5.41) is 2.54. The van der Waals surface area contributed by atoms with E-state index in [0.29, 0.717) is 0 Å². The van der Waals surface area contributed by atoms with Gasteiger partial charge in [0.1, 0.15) is 0 Å². The van der Waals surface area contributed by atoms with E-state index in [4.69, 9.17) is 0 Å². The van der Waals surface area contributed by atoms with Crippen molar-refractivity contribution in [3.63, 3.8) is 0 Å². The Balaban J connectivity index is 1.20. The van der Waals surface area contributed by atoms with Crippen molar-refractivity contribution in [2.75, 3.05) is 14.7 Å². The van der Waals surface area contributed by atoms with E-state index in [1.807, 2.05) is 0 Å². The van der Waals surface area contributed by atoms with Crippen LogP contribution < -0.4 is 31.1 Å². The number of anilines is 7. The van der Waals surface area contributed by atoms with Crippen LogP contribution in [0.15, 0.2) is 115 Å². The fourth-order valence-electron chi connectivity index (χ4n) is 16.2. The summed E-state index contributed by atoms with van der Waals surface area (Å²) in [5.41, 5.74) is 26.3. The molecule has 7 aromatic carbocycles. The highest BCUT2D eigenvalue weighted by Crippen LogP contribution is 2.65. The van der Waals surface area contributed by atoms with Crippen molar-refractivity contribution >= 4 is 73.7 Å². The second-order valence-electron chi connectivity index (χ2n) is 28.2. The lowest BCUT2D eigenvalue weighted by Crippen LogP contribution is -2.65. The van der Waals surface area contributed by atoms with Gasteiger partial charge >= 0.3 is 0 Å². The highest BCUT2D eigenvalue weighted by atomic mass is 15.3. The summed E-state index contributed by atoms with van der Waals surface area (Å²) < 4.78 is 0. The van der Waals surface area contributed by atoms with Gasteiger partial charge in [0.2, 0.25) is 0 Å². The summed E-state index contributed by atoms with van der Waals surface area (Å²) in [6.45, 7) is 36.9. The molecule has 4 atom stereocenters. The van der Waals surface area contributed by atoms with E-state index in [9.17, 15) is 0 Å². The maximum Gasteiger partial charge on any atom is 0.252 e. The summed E-state index contributed by atoms with van der Waals surface area (Å²) in [4.78, 5) is 8.64. The zero-order valence-electron chi connectivity index (χ0n) is 47.5. The highest BCUT2D eigenvalue weighted by Gasteiger charge is 2.63. The van der Waals surface area contributed by atoms with Crippen LogP contribution in [0.2, 0.25) is 0 Å². The molecule has 4 aliphatic heterocycles. The molecule has 378 valence electrons. The molecular weight excluding hydrogens is 894 g/mol. The number of nitrogens with zero attached hydrogens (tertiary/aromatic N) is 3. The maximum absolute atomic E-state index is 2.98. The predicted molar refractivity (Wildman–Crippen MR) is 320 cm³/mol. The molecule has 2 fully saturated rings. The molecule has 2 aliphatic carbocycles. The average Bonchev–Trinajstić information content (AvgIpc) is 3.93. The van der Waals surface area contributed by atoms with Crippen molar-refractivity contribution in [1.82, 2.24) is 0 Å². The van der Waals surface area contributed by atoms with Crippen LogP contribution in [-0.4, -0.2) is 17.8 Å². The molecule has 0 aromatic heterocycles. The molecule has 0 bridgehead atoms. The molecule has 7 aromatic rings. The fraction of sp³-hybridized carbons (Fsp3) is 0.429. The van der Waals surface area contributed by atoms with Gasteiger partial charge in [-0.05, 0) is 184 Å². The Bertz CT molecular complexity index is 3540. The van der Waals surface area contributed by atoms with E-state index >= 15 is 0 Å². The molecule has 74 heavy (non-hydrogen) atoms. The molecule has 13 rings (SSSR count). The summed E-state index contributed by atoms with van der Waals surface area (Å²) >= 11 is 0. The van der Waals surface area contributed by atoms with Crippen molar-refractivity contribution in [1.29, 1.82) is 0 Å². The van der Waals surface area contributed by atoms with Crippen molar-refractivity contribution in [2.24, 2.45) is 0 Å². The van der Waals surface area contributed by atoms with Gasteiger partial charge in [-0.25, -0.2) is 0 Å². The molecule has 4 unspecified atom stereocenters. The normalized spacial score (nSPS) is 24.6. The first-order valence-electron chi connectivity index (χ1n) is 28.5. The molecule has 0 amide bonds. The number of hydrogen-bond acceptors (Lipinski definition) is 3. The SMILES string of the molecule is Cc1cc(C)c2c(c1)N(c1cc3c4c(c1)N1c5c(cc(C(C)(C)C)cc5C5(C)CCCCC15C)B4c1cc(C(C)(C)C)ccc1N3c1ccc(C(C)(C)C)cc1-c1ccc3ccccc3c1)C1(C)CCCCC21C. The van der Waals surface area contributed by atoms with E-state index in [1.54, 1.807) is 11.1 Å². The predicted octanol–water partition coefficient (Wildman–Crippen LogP) is 17.1. The van der Waals surface area contributed by atoms with E-state index in [2.05, 4.69) is 234 Å². The van der Waals surface area contributed by atoms with Gasteiger partial charge in [-0.2, -0.15) is 0 Å². The van der Waals surface area contributed by atoms with Gasteiger partial charge in [-0.15, -0.1) is 0 Å². The lowest BCUT2D eigenvalue weighted by Gasteiger charge is -2.54. The minimum atomic E-state index is -0.113. The van der Waals surface area contributed by atoms with Gasteiger partial charge in [0.25, 0.3) is 6.71 Å². The second-order valence-corrected chi connectivity index (χ2v) is 28.2. The van der Waals surface area contributed by atoms with Crippen LogP contribution >= 0.6 is 0 Å². The van der Waals surface area contributed by atoms with E-state index in [1.165, 1.54) is 151 Å². The van der Waals surface area contributed by atoms with Crippen LogP contribution in [0.25, 0.3) is 21.9 Å². The first kappa shape index (κ1) is 47.9. The smallest absolute Gasteiger partial charge is 0.252 e. The quantitative estimate of drug-likeness (QED) is 0.163. The minimum absolute atomic E-state index is 0.0143. The van der Waals surface area contributed by atoms with Crippen molar-refractivity contribution in [3.05, 3.63) is 154 Å². The summed E-state index contributed by atoms with van der Waals surface area (Å²) in [7, 11) is 0. The molecule has 0 saturated heterocycles. The van der Waals surface area contributed by atoms with Gasteiger partial charge in [0.05, 0.1) is 16.8 Å². The molecule has 6 aliphatic rings. The van der Waals surface area contributed by atoms with Gasteiger partial charge in [-0.3, -0.25) is 0 Å². The Morgan fingerprint density at radius 3 is 1.76 bits per heavy atom.